The third-order valence-corrected chi connectivity index (χ3v) is 6.84. The molecule has 3 N–H and O–H groups in total. The number of carbonyl (C=O) groups is 2. The number of hydrogen-bond donors (Lipinski definition) is 3. The van der Waals surface area contributed by atoms with Gasteiger partial charge in [0.05, 0.1) is 5.92 Å². The number of aromatic amines is 1. The molecule has 5 rings (SSSR count). The third kappa shape index (κ3) is 6.48. The molecule has 1 aliphatic carbocycles. The van der Waals surface area contributed by atoms with Crippen molar-refractivity contribution in [2.45, 2.75) is 44.2 Å². The molecule has 3 aromatic rings. The lowest BCUT2D eigenvalue weighted by Crippen LogP contribution is -2.21. The van der Waals surface area contributed by atoms with Gasteiger partial charge < -0.3 is 10.6 Å². The van der Waals surface area contributed by atoms with Crippen LogP contribution < -0.4 is 10.6 Å². The van der Waals surface area contributed by atoms with Gasteiger partial charge in [0.2, 0.25) is 11.8 Å². The number of hydrogen-bond acceptors (Lipinski definition) is 5. The van der Waals surface area contributed by atoms with Gasteiger partial charge in [-0.2, -0.15) is 5.10 Å². The fourth-order valence-electron chi connectivity index (χ4n) is 4.44. The van der Waals surface area contributed by atoms with Gasteiger partial charge in [-0.3, -0.25) is 19.6 Å². The monoisotopic (exact) mass is 502 g/mol. The molecule has 2 fully saturated rings. The van der Waals surface area contributed by atoms with E-state index in [1.807, 2.05) is 48.2 Å². The summed E-state index contributed by atoms with van der Waals surface area (Å²) in [6.07, 6.45) is 7.00. The molecule has 2 aromatic heterocycles. The maximum Gasteiger partial charge on any atom is 0.249 e. The smallest absolute Gasteiger partial charge is 0.249 e. The Balaban J connectivity index is 1.16. The van der Waals surface area contributed by atoms with E-state index in [-0.39, 0.29) is 17.7 Å². The molecule has 2 unspecified atom stereocenters. The number of aromatic nitrogens is 3. The van der Waals surface area contributed by atoms with Gasteiger partial charge in [0.25, 0.3) is 0 Å². The summed E-state index contributed by atoms with van der Waals surface area (Å²) in [6, 6.07) is 13.3. The zero-order valence-electron chi connectivity index (χ0n) is 20.8. The van der Waals surface area contributed by atoms with Crippen LogP contribution in [-0.4, -0.2) is 57.7 Å². The highest BCUT2D eigenvalue weighted by Gasteiger charge is 2.26. The number of carbonyl (C=O) groups excluding carboxylic acids is 2. The van der Waals surface area contributed by atoms with Crippen LogP contribution in [0.4, 0.5) is 16.0 Å². The van der Waals surface area contributed by atoms with Crippen LogP contribution in [0.15, 0.2) is 60.8 Å². The van der Waals surface area contributed by atoms with Crippen LogP contribution in [0, 0.1) is 0 Å². The Labute approximate surface area is 215 Å². The molecule has 1 saturated heterocycles. The maximum atomic E-state index is 13.2. The summed E-state index contributed by atoms with van der Waals surface area (Å²) in [5, 5.41) is 12.9. The molecular weight excluding hydrogens is 471 g/mol. The first-order valence-corrected chi connectivity index (χ1v) is 12.7. The highest BCUT2D eigenvalue weighted by molar-refractivity contribution is 5.98. The van der Waals surface area contributed by atoms with Crippen molar-refractivity contribution in [3.05, 3.63) is 72.1 Å². The van der Waals surface area contributed by atoms with Crippen LogP contribution >= 0.6 is 0 Å². The lowest BCUT2D eigenvalue weighted by molar-refractivity contribution is -0.117. The predicted octanol–water partition coefficient (Wildman–Crippen LogP) is 4.63. The maximum absolute atomic E-state index is 13.2. The van der Waals surface area contributed by atoms with Crippen molar-refractivity contribution in [1.29, 1.82) is 0 Å². The number of H-pyrrole nitrogens is 1. The molecule has 2 amide bonds. The van der Waals surface area contributed by atoms with E-state index in [1.165, 1.54) is 18.9 Å². The second-order valence-corrected chi connectivity index (χ2v) is 9.79. The first kappa shape index (κ1) is 24.8. The zero-order chi connectivity index (χ0) is 25.8. The van der Waals surface area contributed by atoms with Gasteiger partial charge in [0, 0.05) is 55.1 Å². The molecule has 8 nitrogen and oxygen atoms in total. The number of pyridine rings is 1. The Morgan fingerprint density at radius 3 is 2.73 bits per heavy atom. The minimum Gasteiger partial charge on any atom is -0.309 e. The van der Waals surface area contributed by atoms with E-state index in [1.54, 1.807) is 18.3 Å². The zero-order valence-corrected chi connectivity index (χ0v) is 20.8. The number of alkyl halides is 1. The minimum atomic E-state index is -0.770. The number of nitrogens with zero attached hydrogens (tertiary/aromatic N) is 3. The Morgan fingerprint density at radius 1 is 1.14 bits per heavy atom. The highest BCUT2D eigenvalue weighted by Crippen LogP contribution is 2.39. The Bertz CT molecular complexity index is 1280. The van der Waals surface area contributed by atoms with Crippen LogP contribution in [0.2, 0.25) is 0 Å². The first-order chi connectivity index (χ1) is 17.9. The van der Waals surface area contributed by atoms with Gasteiger partial charge in [-0.05, 0) is 49.4 Å². The normalized spacial score (nSPS) is 18.7. The fraction of sp³-hybridized carbons (Fsp3) is 0.357. The molecule has 0 spiro atoms. The highest BCUT2D eigenvalue weighted by atomic mass is 19.1. The minimum absolute atomic E-state index is 0.121. The van der Waals surface area contributed by atoms with Crippen LogP contribution in [0.1, 0.15) is 49.3 Å². The molecule has 1 saturated carbocycles. The molecule has 0 bridgehead atoms. The van der Waals surface area contributed by atoms with E-state index in [9.17, 15) is 14.0 Å². The van der Waals surface area contributed by atoms with E-state index < -0.39 is 6.17 Å². The van der Waals surface area contributed by atoms with E-state index >= 15 is 0 Å². The Kier molecular flexibility index (Phi) is 7.41. The third-order valence-electron chi connectivity index (χ3n) is 6.84. The summed E-state index contributed by atoms with van der Waals surface area (Å²) < 4.78 is 13.2. The van der Waals surface area contributed by atoms with Crippen LogP contribution in [0.25, 0.3) is 11.1 Å². The Morgan fingerprint density at radius 2 is 2.00 bits per heavy atom. The summed E-state index contributed by atoms with van der Waals surface area (Å²) in [7, 11) is 0. The number of amides is 2. The van der Waals surface area contributed by atoms with Crippen molar-refractivity contribution < 1.29 is 14.0 Å². The van der Waals surface area contributed by atoms with Gasteiger partial charge in [0.1, 0.15) is 12.0 Å². The average Bonchev–Trinajstić information content (AvgIpc) is 3.51. The van der Waals surface area contributed by atoms with Gasteiger partial charge in [0.15, 0.2) is 5.82 Å². The number of rotatable bonds is 9. The largest absolute Gasteiger partial charge is 0.309 e. The lowest BCUT2D eigenvalue weighted by Gasteiger charge is -2.13. The molecule has 2 aliphatic rings. The van der Waals surface area contributed by atoms with E-state index in [0.717, 1.165) is 22.4 Å². The summed E-state index contributed by atoms with van der Waals surface area (Å²) in [5.41, 5.74) is 3.76. The molecule has 1 aromatic carbocycles. The fourth-order valence-corrected chi connectivity index (χ4v) is 4.44. The summed E-state index contributed by atoms with van der Waals surface area (Å²) in [4.78, 5) is 31.3. The molecule has 37 heavy (non-hydrogen) atoms. The van der Waals surface area contributed by atoms with Crippen LogP contribution in [0.3, 0.4) is 0 Å². The molecular formula is C28H31FN6O2. The van der Waals surface area contributed by atoms with Crippen molar-refractivity contribution >= 4 is 23.5 Å². The molecule has 1 aliphatic heterocycles. The van der Waals surface area contributed by atoms with Crippen LogP contribution in [-0.2, 0) is 9.59 Å². The molecule has 2 atom stereocenters. The first-order valence-electron chi connectivity index (χ1n) is 12.7. The second kappa shape index (κ2) is 11.0. The summed E-state index contributed by atoms with van der Waals surface area (Å²) >= 11 is 0. The molecule has 0 radical (unpaired) electrons. The average molecular weight is 503 g/mol. The topological polar surface area (TPSA) is 103 Å². The van der Waals surface area contributed by atoms with Crippen LogP contribution in [0.5, 0.6) is 0 Å². The van der Waals surface area contributed by atoms with Gasteiger partial charge in [-0.15, -0.1) is 0 Å². The van der Waals surface area contributed by atoms with Crippen molar-refractivity contribution in [2.24, 2.45) is 0 Å². The van der Waals surface area contributed by atoms with Gasteiger partial charge >= 0.3 is 0 Å². The van der Waals surface area contributed by atoms with Crippen molar-refractivity contribution in [1.82, 2.24) is 20.1 Å². The number of anilines is 2. The lowest BCUT2D eigenvalue weighted by atomic mass is 9.96. The SMILES string of the molecule is CC(C(=O)Nc1cc(C2CC2)[nH]n1)c1cccc(-c2ccc(NC(=O)/C=C/CN3CCC(F)C3)nc2)c1. The van der Waals surface area contributed by atoms with E-state index in [0.29, 0.717) is 43.6 Å². The molecule has 3 heterocycles. The summed E-state index contributed by atoms with van der Waals surface area (Å²) in [5.74, 6) is 0.774. The van der Waals surface area contributed by atoms with E-state index in [4.69, 9.17) is 0 Å². The summed E-state index contributed by atoms with van der Waals surface area (Å²) in [6.45, 7) is 3.56. The molecule has 9 heteroatoms. The van der Waals surface area contributed by atoms with Crippen molar-refractivity contribution in [2.75, 3.05) is 30.3 Å². The molecule has 192 valence electrons. The van der Waals surface area contributed by atoms with Crippen molar-refractivity contribution in [3.63, 3.8) is 0 Å². The number of benzene rings is 1. The number of halogens is 1. The van der Waals surface area contributed by atoms with Gasteiger partial charge in [-0.1, -0.05) is 30.3 Å². The van der Waals surface area contributed by atoms with Gasteiger partial charge in [-0.25, -0.2) is 9.37 Å². The second-order valence-electron chi connectivity index (χ2n) is 9.79. The number of likely N-dealkylation sites (tertiary alicyclic amines) is 1. The predicted molar refractivity (Wildman–Crippen MR) is 141 cm³/mol. The quantitative estimate of drug-likeness (QED) is 0.370. The number of nitrogens with one attached hydrogen (secondary N) is 3. The van der Waals surface area contributed by atoms with E-state index in [2.05, 4.69) is 25.8 Å². The van der Waals surface area contributed by atoms with Crippen molar-refractivity contribution in [3.8, 4) is 11.1 Å². The Hall–Kier alpha value is -3.85. The standard InChI is InChI=1S/C28H31FN6O2/c1-18(28(37)32-26-15-24(33-34-26)19-7-8-19)20-4-2-5-21(14-20)22-9-10-25(30-16-22)31-27(36)6-3-12-35-13-11-23(29)17-35/h2-6,9-10,14-16,18-19,23H,7-8,11-13,17H2,1H3,(H,30,31,36)(H2,32,33,34,37)/b6-3+.